The molecule has 1 aromatic rings. The average molecular weight is 432 g/mol. The first kappa shape index (κ1) is 20.8. The Morgan fingerprint density at radius 3 is 2.60 bits per heavy atom. The average Bonchev–Trinajstić information content (AvgIpc) is 3.00. The molecule has 7 heteroatoms. The summed E-state index contributed by atoms with van der Waals surface area (Å²) in [4.78, 5) is 4.81. The van der Waals surface area contributed by atoms with Gasteiger partial charge in [0.05, 0.1) is 4.90 Å². The van der Waals surface area contributed by atoms with E-state index < -0.39 is 10.0 Å². The van der Waals surface area contributed by atoms with Gasteiger partial charge >= 0.3 is 0 Å². The molecule has 25 heavy (non-hydrogen) atoms. The van der Waals surface area contributed by atoms with E-state index in [-0.39, 0.29) is 0 Å². The van der Waals surface area contributed by atoms with Gasteiger partial charge in [0.25, 0.3) is 0 Å². The smallest absolute Gasteiger partial charge is 0.243 e. The molecule has 1 unspecified atom stereocenters. The van der Waals surface area contributed by atoms with Gasteiger partial charge in [-0.3, -0.25) is 4.90 Å². The molecule has 0 spiro atoms. The predicted octanol–water partition coefficient (Wildman–Crippen LogP) is 2.79. The molecule has 0 amide bonds. The van der Waals surface area contributed by atoms with E-state index in [4.69, 9.17) is 0 Å². The summed E-state index contributed by atoms with van der Waals surface area (Å²) >= 11 is 3.45. The van der Waals surface area contributed by atoms with Gasteiger partial charge in [-0.1, -0.05) is 22.9 Å². The number of hydrogen-bond donors (Lipinski definition) is 0. The number of benzene rings is 1. The van der Waals surface area contributed by atoms with Crippen molar-refractivity contribution < 1.29 is 8.42 Å². The monoisotopic (exact) mass is 431 g/mol. The Labute approximate surface area is 161 Å². The van der Waals surface area contributed by atoms with E-state index in [0.29, 0.717) is 30.6 Å². The Balaban J connectivity index is 2.27. The van der Waals surface area contributed by atoms with Crippen molar-refractivity contribution in [2.24, 2.45) is 0 Å². The molecule has 1 heterocycles. The van der Waals surface area contributed by atoms with Gasteiger partial charge in [0.15, 0.2) is 0 Å². The van der Waals surface area contributed by atoms with Gasteiger partial charge < -0.3 is 4.90 Å². The van der Waals surface area contributed by atoms with Gasteiger partial charge in [0.1, 0.15) is 0 Å². The molecule has 142 valence electrons. The highest BCUT2D eigenvalue weighted by Gasteiger charge is 2.31. The maximum Gasteiger partial charge on any atom is 0.243 e. The van der Waals surface area contributed by atoms with Crippen molar-refractivity contribution in [1.82, 2.24) is 14.1 Å². The van der Waals surface area contributed by atoms with Crippen molar-refractivity contribution in [1.29, 1.82) is 0 Å². The van der Waals surface area contributed by atoms with Gasteiger partial charge in [-0.2, -0.15) is 4.31 Å². The van der Waals surface area contributed by atoms with Crippen LogP contribution in [0.1, 0.15) is 25.3 Å². The van der Waals surface area contributed by atoms with Crippen LogP contribution >= 0.6 is 15.9 Å². The Morgan fingerprint density at radius 1 is 1.28 bits per heavy atom. The van der Waals surface area contributed by atoms with E-state index in [0.717, 1.165) is 36.0 Å². The number of likely N-dealkylation sites (N-methyl/N-ethyl adjacent to an activating group) is 2. The number of sulfonamides is 1. The number of rotatable bonds is 8. The molecular weight excluding hydrogens is 402 g/mol. The molecule has 0 aliphatic carbocycles. The van der Waals surface area contributed by atoms with Crippen LogP contribution in [0.25, 0.3) is 0 Å². The Kier molecular flexibility index (Phi) is 7.46. The van der Waals surface area contributed by atoms with Crippen LogP contribution in [0.15, 0.2) is 27.6 Å². The van der Waals surface area contributed by atoms with Crippen molar-refractivity contribution in [3.05, 3.63) is 28.2 Å². The number of halogens is 1. The highest BCUT2D eigenvalue weighted by atomic mass is 79.9. The molecule has 1 aromatic carbocycles. The van der Waals surface area contributed by atoms with E-state index >= 15 is 0 Å². The topological polar surface area (TPSA) is 43.9 Å². The van der Waals surface area contributed by atoms with Crippen LogP contribution in [-0.2, 0) is 10.0 Å². The summed E-state index contributed by atoms with van der Waals surface area (Å²) < 4.78 is 29.1. The molecule has 0 saturated carbocycles. The Morgan fingerprint density at radius 2 is 2.00 bits per heavy atom. The second-order valence-corrected chi connectivity index (χ2v) is 9.79. The van der Waals surface area contributed by atoms with Crippen LogP contribution in [0, 0.1) is 6.92 Å². The lowest BCUT2D eigenvalue weighted by Crippen LogP contribution is -2.45. The first-order valence-corrected chi connectivity index (χ1v) is 11.1. The fourth-order valence-corrected chi connectivity index (χ4v) is 5.10. The third-order valence-corrected chi connectivity index (χ3v) is 7.63. The molecule has 0 radical (unpaired) electrons. The number of hydrogen-bond acceptors (Lipinski definition) is 4. The Hall–Kier alpha value is -0.470. The molecule has 0 bridgehead atoms. The van der Waals surface area contributed by atoms with Crippen LogP contribution in [0.3, 0.4) is 0 Å². The van der Waals surface area contributed by atoms with Crippen molar-refractivity contribution in [3.63, 3.8) is 0 Å². The molecule has 2 rings (SSSR count). The zero-order valence-corrected chi connectivity index (χ0v) is 18.1. The minimum atomic E-state index is -3.50. The molecule has 1 atom stereocenters. The molecule has 5 nitrogen and oxygen atoms in total. The van der Waals surface area contributed by atoms with Crippen molar-refractivity contribution in [3.8, 4) is 0 Å². The molecule has 0 N–H and O–H groups in total. The summed E-state index contributed by atoms with van der Waals surface area (Å²) in [5, 5.41) is 0. The maximum absolute atomic E-state index is 13.3. The summed E-state index contributed by atoms with van der Waals surface area (Å²) in [6.07, 6.45) is 2.22. The molecule has 1 aliphatic heterocycles. The molecular formula is C18H30BrN3O2S. The Bertz CT molecular complexity index is 679. The zero-order chi connectivity index (χ0) is 18.6. The van der Waals surface area contributed by atoms with Gasteiger partial charge in [-0.25, -0.2) is 8.42 Å². The fourth-order valence-electron chi connectivity index (χ4n) is 3.30. The van der Waals surface area contributed by atoms with Crippen LogP contribution in [0.4, 0.5) is 0 Å². The first-order valence-electron chi connectivity index (χ1n) is 8.90. The van der Waals surface area contributed by atoms with Gasteiger partial charge in [0, 0.05) is 30.1 Å². The summed E-state index contributed by atoms with van der Waals surface area (Å²) in [7, 11) is 0.453. The third kappa shape index (κ3) is 5.26. The quantitative estimate of drug-likeness (QED) is 0.634. The fraction of sp³-hybridized carbons (Fsp3) is 0.667. The summed E-state index contributed by atoms with van der Waals surface area (Å²) in [5.74, 6) is 0. The second-order valence-electron chi connectivity index (χ2n) is 7.00. The van der Waals surface area contributed by atoms with Crippen LogP contribution in [0.2, 0.25) is 0 Å². The number of nitrogens with zero attached hydrogens (tertiary/aromatic N) is 3. The van der Waals surface area contributed by atoms with E-state index in [1.807, 2.05) is 32.0 Å². The predicted molar refractivity (Wildman–Crippen MR) is 106 cm³/mol. The highest BCUT2D eigenvalue weighted by Crippen LogP contribution is 2.25. The minimum absolute atomic E-state index is 0.318. The van der Waals surface area contributed by atoms with E-state index in [2.05, 4.69) is 27.8 Å². The number of aryl methyl sites for hydroxylation is 1. The standard InChI is InChI=1S/C18H30BrN3O2S/c1-5-21-10-6-7-16(21)14-22(12-11-20(3)4)25(23,24)17-8-9-18(19)15(2)13-17/h8-9,13,16H,5-7,10-12,14H2,1-4H3. The molecule has 1 aliphatic rings. The van der Waals surface area contributed by atoms with Gasteiger partial charge in [0.2, 0.25) is 10.0 Å². The lowest BCUT2D eigenvalue weighted by Gasteiger charge is -2.30. The van der Waals surface area contributed by atoms with Crippen LogP contribution in [0.5, 0.6) is 0 Å². The first-order chi connectivity index (χ1) is 11.8. The van der Waals surface area contributed by atoms with Crippen molar-refractivity contribution in [2.45, 2.75) is 37.6 Å². The summed E-state index contributed by atoms with van der Waals surface area (Å²) in [6, 6.07) is 5.59. The van der Waals surface area contributed by atoms with E-state index in [9.17, 15) is 8.42 Å². The highest BCUT2D eigenvalue weighted by molar-refractivity contribution is 9.10. The minimum Gasteiger partial charge on any atom is -0.308 e. The van der Waals surface area contributed by atoms with E-state index in [1.54, 1.807) is 16.4 Å². The summed E-state index contributed by atoms with van der Waals surface area (Å²) in [5.41, 5.74) is 0.935. The zero-order valence-electron chi connectivity index (χ0n) is 15.7. The molecule has 0 aromatic heterocycles. The van der Waals surface area contributed by atoms with Crippen LogP contribution < -0.4 is 0 Å². The second kappa shape index (κ2) is 8.95. The normalized spacial score (nSPS) is 19.2. The van der Waals surface area contributed by atoms with Crippen molar-refractivity contribution in [2.75, 3.05) is 46.8 Å². The van der Waals surface area contributed by atoms with E-state index in [1.165, 1.54) is 0 Å². The largest absolute Gasteiger partial charge is 0.308 e. The summed E-state index contributed by atoms with van der Waals surface area (Å²) in [6.45, 7) is 7.91. The number of likely N-dealkylation sites (tertiary alicyclic amines) is 1. The van der Waals surface area contributed by atoms with Gasteiger partial charge in [-0.05, 0) is 70.7 Å². The molecule has 1 saturated heterocycles. The lowest BCUT2D eigenvalue weighted by atomic mass is 10.2. The third-order valence-electron chi connectivity index (χ3n) is 4.88. The van der Waals surface area contributed by atoms with Crippen molar-refractivity contribution >= 4 is 26.0 Å². The maximum atomic E-state index is 13.3. The lowest BCUT2D eigenvalue weighted by molar-refractivity contribution is 0.220. The molecule has 1 fully saturated rings. The van der Waals surface area contributed by atoms with Crippen LogP contribution in [-0.4, -0.2) is 75.4 Å². The SMILES string of the molecule is CCN1CCCC1CN(CCN(C)C)S(=O)(=O)c1ccc(Br)c(C)c1. The van der Waals surface area contributed by atoms with Gasteiger partial charge in [-0.15, -0.1) is 0 Å².